The predicted molar refractivity (Wildman–Crippen MR) is 132 cm³/mol. The third-order valence-corrected chi connectivity index (χ3v) is 5.54. The van der Waals surface area contributed by atoms with E-state index in [9.17, 15) is 0 Å². The summed E-state index contributed by atoms with van der Waals surface area (Å²) in [5, 5.41) is 9.87. The highest BCUT2D eigenvalue weighted by molar-refractivity contribution is 6.30. The molecule has 33 heavy (non-hydrogen) atoms. The topological polar surface area (TPSA) is 52.8 Å². The van der Waals surface area contributed by atoms with Gasteiger partial charge in [0.05, 0.1) is 24.0 Å². The lowest BCUT2D eigenvalue weighted by molar-refractivity contribution is 0.302. The number of halogens is 1. The van der Waals surface area contributed by atoms with Crippen LogP contribution in [0.4, 0.5) is 0 Å². The molecule has 2 aromatic heterocycles. The van der Waals surface area contributed by atoms with Crippen LogP contribution in [0.1, 0.15) is 16.8 Å². The number of rotatable bonds is 7. The number of allylic oxidation sites excluding steroid dienone is 1. The molecule has 2 heterocycles. The fourth-order valence-electron chi connectivity index (χ4n) is 3.58. The molecule has 0 unspecified atom stereocenters. The summed E-state index contributed by atoms with van der Waals surface area (Å²) >= 11 is 6.04. The maximum atomic E-state index is 6.04. The van der Waals surface area contributed by atoms with Gasteiger partial charge in [0.25, 0.3) is 0 Å². The first kappa shape index (κ1) is 20.9. The Morgan fingerprint density at radius 3 is 2.52 bits per heavy atom. The van der Waals surface area contributed by atoms with Gasteiger partial charge >= 0.3 is 0 Å². The average Bonchev–Trinajstić information content (AvgIpc) is 3.37. The highest BCUT2D eigenvalue weighted by Crippen LogP contribution is 2.24. The Bertz CT molecular complexity index is 1380. The van der Waals surface area contributed by atoms with Gasteiger partial charge in [-0.05, 0) is 59.2 Å². The second kappa shape index (κ2) is 9.67. The number of hydrogen-bond donors (Lipinski definition) is 0. The van der Waals surface area contributed by atoms with Gasteiger partial charge in [-0.1, -0.05) is 65.3 Å². The quantitative estimate of drug-likeness (QED) is 0.272. The second-order valence-corrected chi connectivity index (χ2v) is 8.07. The maximum Gasteiger partial charge on any atom is 0.130 e. The Kier molecular flexibility index (Phi) is 6.13. The first-order chi connectivity index (χ1) is 16.2. The number of para-hydroxylation sites is 1. The summed E-state index contributed by atoms with van der Waals surface area (Å²) in [6, 6.07) is 28.0. The van der Waals surface area contributed by atoms with E-state index >= 15 is 0 Å². The largest absolute Gasteiger partial charge is 0.487 e. The average molecular weight is 453 g/mol. The Balaban J connectivity index is 1.34. The van der Waals surface area contributed by atoms with Gasteiger partial charge in [0.15, 0.2) is 0 Å². The Morgan fingerprint density at radius 2 is 1.73 bits per heavy atom. The molecule has 0 amide bonds. The van der Waals surface area contributed by atoms with Crippen LogP contribution in [0.5, 0.6) is 5.75 Å². The van der Waals surface area contributed by atoms with Crippen LogP contribution in [-0.4, -0.2) is 20.0 Å². The molecular weight excluding hydrogens is 432 g/mol. The van der Waals surface area contributed by atoms with Crippen molar-refractivity contribution < 1.29 is 4.74 Å². The number of benzene rings is 3. The molecule has 5 nitrogen and oxygen atoms in total. The van der Waals surface area contributed by atoms with Crippen LogP contribution in [0.25, 0.3) is 22.6 Å². The van der Waals surface area contributed by atoms with Gasteiger partial charge in [0.1, 0.15) is 12.4 Å². The van der Waals surface area contributed by atoms with Crippen LogP contribution >= 0.6 is 11.6 Å². The summed E-state index contributed by atoms with van der Waals surface area (Å²) in [5.41, 5.74) is 5.12. The van der Waals surface area contributed by atoms with Gasteiger partial charge in [0.2, 0.25) is 0 Å². The van der Waals surface area contributed by atoms with E-state index in [0.717, 1.165) is 39.0 Å². The summed E-state index contributed by atoms with van der Waals surface area (Å²) in [7, 11) is 0. The lowest BCUT2D eigenvalue weighted by atomic mass is 10.0. The molecule has 162 valence electrons. The molecule has 5 rings (SSSR count). The molecule has 0 spiro atoms. The van der Waals surface area contributed by atoms with E-state index in [4.69, 9.17) is 16.3 Å². The molecule has 0 radical (unpaired) electrons. The molecule has 0 fully saturated rings. The minimum atomic E-state index is 0.413. The summed E-state index contributed by atoms with van der Waals surface area (Å²) < 4.78 is 7.79. The van der Waals surface area contributed by atoms with Gasteiger partial charge < -0.3 is 4.74 Å². The molecule has 3 aromatic carbocycles. The molecule has 0 atom stereocenters. The molecule has 0 saturated carbocycles. The fraction of sp³-hybridized carbons (Fsp3) is 0.0741. The lowest BCUT2D eigenvalue weighted by Gasteiger charge is -2.11. The van der Waals surface area contributed by atoms with Gasteiger partial charge in [-0.25, -0.2) is 9.67 Å². The normalized spacial score (nSPS) is 11.6. The van der Waals surface area contributed by atoms with Crippen LogP contribution in [0.15, 0.2) is 97.3 Å². The van der Waals surface area contributed by atoms with Gasteiger partial charge in [0, 0.05) is 16.6 Å². The standard InChI is InChI=1S/C27H21ClN4O/c28-24-10-5-20(6-11-24)17-23(18-32-16-15-29-31-32)21-8-13-26(14-9-21)33-19-25-12-7-22-3-1-2-4-27(22)30-25/h1-17H,18-19H2/b23-17+. The Morgan fingerprint density at radius 1 is 0.909 bits per heavy atom. The molecule has 0 aliphatic carbocycles. The smallest absolute Gasteiger partial charge is 0.130 e. The number of hydrogen-bond acceptors (Lipinski definition) is 4. The van der Waals surface area contributed by atoms with Gasteiger partial charge in [-0.15, -0.1) is 5.10 Å². The molecule has 6 heteroatoms. The Labute approximate surface area is 196 Å². The first-order valence-electron chi connectivity index (χ1n) is 10.6. The van der Waals surface area contributed by atoms with Crippen molar-refractivity contribution in [1.29, 1.82) is 0 Å². The van der Waals surface area contributed by atoms with E-state index in [1.807, 2.05) is 66.9 Å². The minimum absolute atomic E-state index is 0.413. The van der Waals surface area contributed by atoms with E-state index < -0.39 is 0 Å². The van der Waals surface area contributed by atoms with Crippen molar-refractivity contribution in [3.63, 3.8) is 0 Å². The summed E-state index contributed by atoms with van der Waals surface area (Å²) in [6.45, 7) is 1.01. The molecule has 0 aliphatic rings. The van der Waals surface area contributed by atoms with E-state index in [2.05, 4.69) is 45.6 Å². The van der Waals surface area contributed by atoms with Crippen molar-refractivity contribution in [2.75, 3.05) is 0 Å². The van der Waals surface area contributed by atoms with Crippen LogP contribution in [0.3, 0.4) is 0 Å². The van der Waals surface area contributed by atoms with E-state index in [-0.39, 0.29) is 0 Å². The number of aromatic nitrogens is 4. The zero-order chi connectivity index (χ0) is 22.5. The summed E-state index contributed by atoms with van der Waals surface area (Å²) in [5.74, 6) is 0.792. The van der Waals surface area contributed by atoms with Crippen LogP contribution in [-0.2, 0) is 13.2 Å². The molecule has 0 saturated heterocycles. The summed E-state index contributed by atoms with van der Waals surface area (Å²) in [6.07, 6.45) is 5.66. The van der Waals surface area contributed by atoms with Gasteiger partial charge in [-0.3, -0.25) is 0 Å². The third kappa shape index (κ3) is 5.27. The van der Waals surface area contributed by atoms with Crippen molar-refractivity contribution in [3.05, 3.63) is 119 Å². The van der Waals surface area contributed by atoms with Crippen molar-refractivity contribution in [1.82, 2.24) is 20.0 Å². The molecule has 5 aromatic rings. The number of ether oxygens (including phenoxy) is 1. The van der Waals surface area contributed by atoms with E-state index in [0.29, 0.717) is 18.2 Å². The minimum Gasteiger partial charge on any atom is -0.487 e. The maximum absolute atomic E-state index is 6.04. The predicted octanol–water partition coefficient (Wildman–Crippen LogP) is 6.30. The SMILES string of the molecule is Clc1ccc(/C=C(\Cn2ccnn2)c2ccc(OCc3ccc4ccccc4n3)cc2)cc1. The van der Waals surface area contributed by atoms with Crippen LogP contribution < -0.4 is 4.74 Å². The number of pyridine rings is 1. The number of fused-ring (bicyclic) bond motifs is 1. The first-order valence-corrected chi connectivity index (χ1v) is 11.0. The molecular formula is C27H21ClN4O. The highest BCUT2D eigenvalue weighted by Gasteiger charge is 2.06. The van der Waals surface area contributed by atoms with Crippen LogP contribution in [0, 0.1) is 0 Å². The highest BCUT2D eigenvalue weighted by atomic mass is 35.5. The van der Waals surface area contributed by atoms with Crippen molar-refractivity contribution in [2.24, 2.45) is 0 Å². The second-order valence-electron chi connectivity index (χ2n) is 7.63. The molecule has 0 N–H and O–H groups in total. The monoisotopic (exact) mass is 452 g/mol. The Hall–Kier alpha value is -3.96. The molecule has 0 aliphatic heterocycles. The lowest BCUT2D eigenvalue weighted by Crippen LogP contribution is -2.02. The zero-order valence-corrected chi connectivity index (χ0v) is 18.6. The molecule has 0 bridgehead atoms. The van der Waals surface area contributed by atoms with E-state index in [1.54, 1.807) is 10.9 Å². The van der Waals surface area contributed by atoms with Gasteiger partial charge in [-0.2, -0.15) is 0 Å². The van der Waals surface area contributed by atoms with E-state index in [1.165, 1.54) is 0 Å². The van der Waals surface area contributed by atoms with Crippen molar-refractivity contribution >= 4 is 34.2 Å². The third-order valence-electron chi connectivity index (χ3n) is 5.28. The van der Waals surface area contributed by atoms with Crippen molar-refractivity contribution in [2.45, 2.75) is 13.2 Å². The fourth-order valence-corrected chi connectivity index (χ4v) is 3.71. The van der Waals surface area contributed by atoms with Crippen LogP contribution in [0.2, 0.25) is 5.02 Å². The van der Waals surface area contributed by atoms with Crippen molar-refractivity contribution in [3.8, 4) is 5.75 Å². The summed E-state index contributed by atoms with van der Waals surface area (Å²) in [4.78, 5) is 4.67. The number of nitrogens with zero attached hydrogens (tertiary/aromatic N) is 4. The zero-order valence-electron chi connectivity index (χ0n) is 17.8.